The smallest absolute Gasteiger partial charge is 0.335 e. The van der Waals surface area contributed by atoms with Crippen LogP contribution in [-0.2, 0) is 33.3 Å². The van der Waals surface area contributed by atoms with Crippen LogP contribution in [0.4, 0.5) is 0 Å². The monoisotopic (exact) mass is 833 g/mol. The molecule has 1 aliphatic heterocycles. The van der Waals surface area contributed by atoms with Crippen molar-refractivity contribution in [2.24, 2.45) is 0 Å². The van der Waals surface area contributed by atoms with Crippen molar-refractivity contribution in [3.63, 3.8) is 0 Å². The second kappa shape index (κ2) is 37.9. The molecule has 4 N–H and O–H groups in total. The number of hydrogen-bond acceptors (Lipinski definition) is 10. The first-order valence-corrected chi connectivity index (χ1v) is 22.8. The molecule has 0 saturated carbocycles. The fourth-order valence-corrected chi connectivity index (χ4v) is 6.51. The molecule has 0 bridgehead atoms. The molecule has 11 nitrogen and oxygen atoms in total. The number of carbonyl (C=O) groups excluding carboxylic acids is 2. The lowest BCUT2D eigenvalue weighted by atomic mass is 9.99. The highest BCUT2D eigenvalue weighted by Crippen LogP contribution is 2.23. The minimum absolute atomic E-state index is 0.162. The number of carboxylic acid groups (broad SMARTS) is 1. The Hall–Kier alpha value is -3.09. The lowest BCUT2D eigenvalue weighted by Crippen LogP contribution is -2.60. The summed E-state index contributed by atoms with van der Waals surface area (Å²) >= 11 is 0. The van der Waals surface area contributed by atoms with Crippen LogP contribution in [0.25, 0.3) is 0 Å². The molecule has 0 aromatic heterocycles. The zero-order valence-corrected chi connectivity index (χ0v) is 36.5. The van der Waals surface area contributed by atoms with Crippen LogP contribution in [0.15, 0.2) is 60.8 Å². The summed E-state index contributed by atoms with van der Waals surface area (Å²) in [6, 6.07) is 0. The average molecular weight is 833 g/mol. The molecule has 1 rings (SSSR count). The van der Waals surface area contributed by atoms with Crippen molar-refractivity contribution in [3.8, 4) is 0 Å². The number of aliphatic carboxylic acids is 1. The summed E-state index contributed by atoms with van der Waals surface area (Å²) < 4.78 is 21.7. The number of allylic oxidation sites excluding steroid dienone is 10. The van der Waals surface area contributed by atoms with E-state index in [9.17, 15) is 34.8 Å². The highest BCUT2D eigenvalue weighted by atomic mass is 16.7. The number of hydrogen-bond donors (Lipinski definition) is 4. The third-order valence-electron chi connectivity index (χ3n) is 10.1. The molecule has 1 fully saturated rings. The van der Waals surface area contributed by atoms with Gasteiger partial charge in [-0.1, -0.05) is 145 Å². The van der Waals surface area contributed by atoms with Gasteiger partial charge in [-0.2, -0.15) is 0 Å². The van der Waals surface area contributed by atoms with E-state index in [1.165, 1.54) is 38.5 Å². The molecular formula is C48H80O11. The summed E-state index contributed by atoms with van der Waals surface area (Å²) in [5.74, 6) is -2.48. The Balaban J connectivity index is 2.38. The average Bonchev–Trinajstić information content (AvgIpc) is 3.22. The lowest BCUT2D eigenvalue weighted by Gasteiger charge is -2.38. The van der Waals surface area contributed by atoms with Gasteiger partial charge in [-0.3, -0.25) is 9.59 Å². The predicted molar refractivity (Wildman–Crippen MR) is 234 cm³/mol. The van der Waals surface area contributed by atoms with Crippen LogP contribution in [0.3, 0.4) is 0 Å². The molecule has 338 valence electrons. The highest BCUT2D eigenvalue weighted by molar-refractivity contribution is 5.73. The fourth-order valence-electron chi connectivity index (χ4n) is 6.51. The van der Waals surface area contributed by atoms with Crippen LogP contribution in [0, 0.1) is 0 Å². The van der Waals surface area contributed by atoms with Crippen LogP contribution >= 0.6 is 0 Å². The van der Waals surface area contributed by atoms with E-state index in [0.717, 1.165) is 96.3 Å². The van der Waals surface area contributed by atoms with Gasteiger partial charge in [0.25, 0.3) is 0 Å². The van der Waals surface area contributed by atoms with Crippen LogP contribution in [0.5, 0.6) is 0 Å². The van der Waals surface area contributed by atoms with Gasteiger partial charge in [0.1, 0.15) is 24.9 Å². The topological polar surface area (TPSA) is 169 Å². The molecule has 0 aliphatic carbocycles. The highest BCUT2D eigenvalue weighted by Gasteiger charge is 2.47. The number of ether oxygens (including phenoxy) is 4. The summed E-state index contributed by atoms with van der Waals surface area (Å²) in [4.78, 5) is 36.8. The summed E-state index contributed by atoms with van der Waals surface area (Å²) in [7, 11) is 0. The van der Waals surface area contributed by atoms with Gasteiger partial charge < -0.3 is 39.4 Å². The minimum atomic E-state index is -1.87. The van der Waals surface area contributed by atoms with Crippen LogP contribution in [-0.4, -0.2) is 88.4 Å². The Bertz CT molecular complexity index is 1210. The molecule has 6 unspecified atom stereocenters. The van der Waals surface area contributed by atoms with Crippen molar-refractivity contribution in [2.45, 2.75) is 211 Å². The molecule has 0 amide bonds. The minimum Gasteiger partial charge on any atom is -0.479 e. The van der Waals surface area contributed by atoms with Gasteiger partial charge in [0, 0.05) is 12.8 Å². The molecule has 0 aromatic carbocycles. The standard InChI is InChI=1S/C48H80O11/c1-3-5-7-9-11-13-15-17-19-21-23-24-26-28-30-32-34-36-41(49)56-38-40(39-57-48-45(53)43(51)44(52)46(59-48)47(54)55)58-42(50)37-35-33-31-29-27-25-22-20-18-16-14-12-10-8-6-4-2/h5,7,11,13-14,16-17,19-20,22,40,43-46,48,51-53H,3-4,6,8-10,12,15,18,21,23-39H2,1-2H3,(H,54,55)/b7-5-,13-11-,16-14-,19-17-,22-20-. The Morgan fingerprint density at radius 3 is 1.51 bits per heavy atom. The second-order valence-corrected chi connectivity index (χ2v) is 15.5. The maximum atomic E-state index is 12.8. The molecule has 0 radical (unpaired) electrons. The molecule has 0 aromatic rings. The maximum absolute atomic E-state index is 12.8. The molecule has 6 atom stereocenters. The van der Waals surface area contributed by atoms with Crippen molar-refractivity contribution in [1.29, 1.82) is 0 Å². The van der Waals surface area contributed by atoms with Crippen molar-refractivity contribution >= 4 is 17.9 Å². The van der Waals surface area contributed by atoms with Gasteiger partial charge in [-0.05, 0) is 77.0 Å². The zero-order valence-electron chi connectivity index (χ0n) is 36.5. The summed E-state index contributed by atoms with van der Waals surface area (Å²) in [6.45, 7) is 3.66. The van der Waals surface area contributed by atoms with Crippen molar-refractivity contribution in [1.82, 2.24) is 0 Å². The van der Waals surface area contributed by atoms with E-state index in [4.69, 9.17) is 18.9 Å². The van der Waals surface area contributed by atoms with E-state index >= 15 is 0 Å². The Kier molecular flexibility index (Phi) is 34.6. The normalized spacial score (nSPS) is 20.5. The molecule has 59 heavy (non-hydrogen) atoms. The fraction of sp³-hybridized carbons (Fsp3) is 0.729. The first kappa shape index (κ1) is 53.9. The number of unbranched alkanes of at least 4 members (excludes halogenated alkanes) is 16. The number of esters is 2. The van der Waals surface area contributed by atoms with Gasteiger partial charge in [-0.15, -0.1) is 0 Å². The van der Waals surface area contributed by atoms with E-state index in [1.54, 1.807) is 0 Å². The Morgan fingerprint density at radius 1 is 0.542 bits per heavy atom. The molecule has 0 spiro atoms. The second-order valence-electron chi connectivity index (χ2n) is 15.5. The lowest BCUT2D eigenvalue weighted by molar-refractivity contribution is -0.298. The molecule has 11 heteroatoms. The van der Waals surface area contributed by atoms with Gasteiger partial charge in [-0.25, -0.2) is 4.79 Å². The predicted octanol–water partition coefficient (Wildman–Crippen LogP) is 9.92. The summed E-state index contributed by atoms with van der Waals surface area (Å²) in [6.07, 6.45) is 36.9. The van der Waals surface area contributed by atoms with E-state index in [-0.39, 0.29) is 19.4 Å². The van der Waals surface area contributed by atoms with Crippen LogP contribution in [0.2, 0.25) is 0 Å². The largest absolute Gasteiger partial charge is 0.479 e. The molecule has 1 heterocycles. The van der Waals surface area contributed by atoms with Crippen molar-refractivity contribution in [3.05, 3.63) is 60.8 Å². The van der Waals surface area contributed by atoms with Crippen molar-refractivity contribution in [2.75, 3.05) is 13.2 Å². The zero-order chi connectivity index (χ0) is 43.2. The van der Waals surface area contributed by atoms with Crippen LogP contribution < -0.4 is 0 Å². The van der Waals surface area contributed by atoms with Gasteiger partial charge in [0.2, 0.25) is 0 Å². The van der Waals surface area contributed by atoms with Crippen molar-refractivity contribution < 1.29 is 53.8 Å². The first-order valence-electron chi connectivity index (χ1n) is 22.8. The maximum Gasteiger partial charge on any atom is 0.335 e. The molecular weight excluding hydrogens is 753 g/mol. The summed E-state index contributed by atoms with van der Waals surface area (Å²) in [5, 5.41) is 39.8. The third-order valence-corrected chi connectivity index (χ3v) is 10.1. The quantitative estimate of drug-likeness (QED) is 0.0267. The van der Waals surface area contributed by atoms with E-state index in [0.29, 0.717) is 12.8 Å². The van der Waals surface area contributed by atoms with Crippen LogP contribution in [0.1, 0.15) is 174 Å². The number of carbonyl (C=O) groups is 3. The van der Waals surface area contributed by atoms with E-state index in [2.05, 4.69) is 74.6 Å². The van der Waals surface area contributed by atoms with Gasteiger partial charge in [0.15, 0.2) is 18.5 Å². The number of aliphatic hydroxyl groups excluding tert-OH is 3. The van der Waals surface area contributed by atoms with E-state index in [1.807, 2.05) is 0 Å². The number of aliphatic hydroxyl groups is 3. The Labute approximate surface area is 356 Å². The van der Waals surface area contributed by atoms with Gasteiger partial charge >= 0.3 is 17.9 Å². The van der Waals surface area contributed by atoms with Gasteiger partial charge in [0.05, 0.1) is 6.61 Å². The first-order chi connectivity index (χ1) is 28.7. The molecule has 1 saturated heterocycles. The number of carboxylic acids is 1. The Morgan fingerprint density at radius 2 is 1.00 bits per heavy atom. The third kappa shape index (κ3) is 29.7. The molecule has 1 aliphatic rings. The summed E-state index contributed by atoms with van der Waals surface area (Å²) in [5.41, 5.74) is 0. The van der Waals surface area contributed by atoms with E-state index < -0.39 is 61.3 Å². The SMILES string of the molecule is CC/C=C\C/C=C\C/C=C\CCCCCCCCCC(=O)OCC(COC1OC(C(=O)O)C(O)C(O)C1O)OC(=O)CCCCCCC/C=C\C/C=C\CCCCCC. The number of rotatable bonds is 37.